The van der Waals surface area contributed by atoms with Gasteiger partial charge >= 0.3 is 0 Å². The van der Waals surface area contributed by atoms with E-state index in [-0.39, 0.29) is 5.78 Å². The second kappa shape index (κ2) is 6.27. The van der Waals surface area contributed by atoms with Gasteiger partial charge in [0.25, 0.3) is 0 Å². The number of ketones is 1. The molecule has 3 heteroatoms. The lowest BCUT2D eigenvalue weighted by Gasteiger charge is -2.07. The van der Waals surface area contributed by atoms with Crippen LogP contribution in [-0.2, 0) is 11.2 Å². The molecule has 0 heterocycles. The van der Waals surface area contributed by atoms with Crippen molar-refractivity contribution < 1.29 is 4.79 Å². The highest BCUT2D eigenvalue weighted by molar-refractivity contribution is 6.42. The number of halogens is 2. The van der Waals surface area contributed by atoms with Gasteiger partial charge in [0.15, 0.2) is 0 Å². The summed E-state index contributed by atoms with van der Waals surface area (Å²) in [5.41, 5.74) is 0.933. The van der Waals surface area contributed by atoms with Gasteiger partial charge in [-0.25, -0.2) is 0 Å². The summed E-state index contributed by atoms with van der Waals surface area (Å²) in [5, 5.41) is 1.04. The Morgan fingerprint density at radius 3 is 2.56 bits per heavy atom. The molecule has 1 atom stereocenters. The molecule has 0 aliphatic heterocycles. The molecule has 1 rings (SSSR count). The maximum atomic E-state index is 11.7. The number of carbonyl (C=O) groups excluding carboxylic acids is 1. The van der Waals surface area contributed by atoms with Crippen LogP contribution in [0.15, 0.2) is 18.2 Å². The summed E-state index contributed by atoms with van der Waals surface area (Å²) in [6.07, 6.45) is 2.12. The highest BCUT2D eigenvalue weighted by Crippen LogP contribution is 2.23. The van der Waals surface area contributed by atoms with Crippen LogP contribution in [0.1, 0.15) is 32.3 Å². The van der Waals surface area contributed by atoms with E-state index >= 15 is 0 Å². The SMILES string of the molecule is CCC(C)CC(=O)Cc1ccc(Cl)c(Cl)c1. The number of hydrogen-bond donors (Lipinski definition) is 0. The molecule has 88 valence electrons. The zero-order chi connectivity index (χ0) is 12.1. The first kappa shape index (κ1) is 13.5. The summed E-state index contributed by atoms with van der Waals surface area (Å²) >= 11 is 11.7. The summed E-state index contributed by atoms with van der Waals surface area (Å²) in [7, 11) is 0. The van der Waals surface area contributed by atoms with E-state index in [1.165, 1.54) is 0 Å². The maximum absolute atomic E-state index is 11.7. The van der Waals surface area contributed by atoms with Crippen molar-refractivity contribution in [3.63, 3.8) is 0 Å². The Balaban J connectivity index is 2.59. The Kier molecular flexibility index (Phi) is 5.30. The normalized spacial score (nSPS) is 12.5. The zero-order valence-electron chi connectivity index (χ0n) is 9.59. The van der Waals surface area contributed by atoms with Gasteiger partial charge in [-0.2, -0.15) is 0 Å². The number of hydrogen-bond acceptors (Lipinski definition) is 1. The van der Waals surface area contributed by atoms with Crippen LogP contribution in [0.4, 0.5) is 0 Å². The van der Waals surface area contributed by atoms with Crippen LogP contribution in [0.2, 0.25) is 10.0 Å². The minimum absolute atomic E-state index is 0.257. The molecular formula is C13H16Cl2O. The standard InChI is InChI=1S/C13H16Cl2O/c1-3-9(2)6-11(16)7-10-4-5-12(14)13(15)8-10/h4-5,8-9H,3,6-7H2,1-2H3. The third kappa shape index (κ3) is 4.15. The number of Topliss-reactive ketones (excluding diaryl/α,β-unsaturated/α-hetero) is 1. The van der Waals surface area contributed by atoms with Crippen molar-refractivity contribution in [2.45, 2.75) is 33.1 Å². The number of benzene rings is 1. The molecular weight excluding hydrogens is 243 g/mol. The molecule has 1 aromatic rings. The van der Waals surface area contributed by atoms with Gasteiger partial charge in [-0.1, -0.05) is 49.5 Å². The first-order valence-electron chi connectivity index (χ1n) is 5.48. The average Bonchev–Trinajstić information content (AvgIpc) is 2.23. The van der Waals surface area contributed by atoms with Crippen molar-refractivity contribution in [1.29, 1.82) is 0 Å². The van der Waals surface area contributed by atoms with Crippen LogP contribution < -0.4 is 0 Å². The molecule has 0 spiro atoms. The molecule has 1 unspecified atom stereocenters. The van der Waals surface area contributed by atoms with Crippen LogP contribution >= 0.6 is 23.2 Å². The monoisotopic (exact) mass is 258 g/mol. The highest BCUT2D eigenvalue weighted by Gasteiger charge is 2.09. The fourth-order valence-corrected chi connectivity index (χ4v) is 1.80. The third-order valence-electron chi connectivity index (χ3n) is 2.66. The van der Waals surface area contributed by atoms with Gasteiger partial charge in [-0.3, -0.25) is 4.79 Å². The van der Waals surface area contributed by atoms with E-state index < -0.39 is 0 Å². The average molecular weight is 259 g/mol. The first-order chi connectivity index (χ1) is 7.52. The summed E-state index contributed by atoms with van der Waals surface area (Å²) in [6.45, 7) is 4.18. The van der Waals surface area contributed by atoms with Crippen LogP contribution in [0.25, 0.3) is 0 Å². The summed E-state index contributed by atoms with van der Waals surface area (Å²) in [6, 6.07) is 5.34. The van der Waals surface area contributed by atoms with Gasteiger partial charge in [0, 0.05) is 12.8 Å². The second-order valence-electron chi connectivity index (χ2n) is 4.18. The summed E-state index contributed by atoms with van der Waals surface area (Å²) in [4.78, 5) is 11.7. The van der Waals surface area contributed by atoms with Crippen LogP contribution in [0, 0.1) is 5.92 Å². The highest BCUT2D eigenvalue weighted by atomic mass is 35.5. The molecule has 0 aromatic heterocycles. The quantitative estimate of drug-likeness (QED) is 0.758. The van der Waals surface area contributed by atoms with Crippen molar-refractivity contribution in [2.75, 3.05) is 0 Å². The van der Waals surface area contributed by atoms with Gasteiger partial charge in [0.2, 0.25) is 0 Å². The van der Waals surface area contributed by atoms with Gasteiger partial charge in [-0.15, -0.1) is 0 Å². The summed E-state index contributed by atoms with van der Waals surface area (Å²) in [5.74, 6) is 0.711. The number of rotatable bonds is 5. The van der Waals surface area contributed by atoms with Crippen LogP contribution in [0.5, 0.6) is 0 Å². The van der Waals surface area contributed by atoms with E-state index in [0.717, 1.165) is 12.0 Å². The Bertz CT molecular complexity index is 374. The predicted octanol–water partition coefficient (Wildman–Crippen LogP) is 4.54. The van der Waals surface area contributed by atoms with Gasteiger partial charge in [0.05, 0.1) is 10.0 Å². The minimum Gasteiger partial charge on any atom is -0.299 e. The Labute approximate surface area is 107 Å². The minimum atomic E-state index is 0.257. The molecule has 0 amide bonds. The van der Waals surface area contributed by atoms with E-state index in [0.29, 0.717) is 28.8 Å². The van der Waals surface area contributed by atoms with Gasteiger partial charge in [-0.05, 0) is 23.6 Å². The Morgan fingerprint density at radius 1 is 1.31 bits per heavy atom. The van der Waals surface area contributed by atoms with Crippen molar-refractivity contribution in [3.8, 4) is 0 Å². The Hall–Kier alpha value is -0.530. The van der Waals surface area contributed by atoms with E-state index in [9.17, 15) is 4.79 Å². The topological polar surface area (TPSA) is 17.1 Å². The molecule has 0 fully saturated rings. The van der Waals surface area contributed by atoms with Crippen LogP contribution in [0.3, 0.4) is 0 Å². The summed E-state index contributed by atoms with van der Waals surface area (Å²) < 4.78 is 0. The molecule has 1 aromatic carbocycles. The molecule has 0 aliphatic carbocycles. The maximum Gasteiger partial charge on any atom is 0.137 e. The fourth-order valence-electron chi connectivity index (χ4n) is 1.48. The molecule has 16 heavy (non-hydrogen) atoms. The van der Waals surface area contributed by atoms with E-state index in [1.54, 1.807) is 12.1 Å². The van der Waals surface area contributed by atoms with E-state index in [2.05, 4.69) is 13.8 Å². The zero-order valence-corrected chi connectivity index (χ0v) is 11.1. The van der Waals surface area contributed by atoms with Gasteiger partial charge < -0.3 is 0 Å². The molecule has 0 aliphatic rings. The fraction of sp³-hybridized carbons (Fsp3) is 0.462. The predicted molar refractivity (Wildman–Crippen MR) is 69.2 cm³/mol. The molecule has 0 radical (unpaired) electrons. The van der Waals surface area contributed by atoms with Crippen molar-refractivity contribution in [3.05, 3.63) is 33.8 Å². The molecule has 0 saturated heterocycles. The molecule has 1 nitrogen and oxygen atoms in total. The smallest absolute Gasteiger partial charge is 0.137 e. The molecule has 0 bridgehead atoms. The molecule has 0 saturated carbocycles. The lowest BCUT2D eigenvalue weighted by Crippen LogP contribution is -2.07. The van der Waals surface area contributed by atoms with Gasteiger partial charge in [0.1, 0.15) is 5.78 Å². The van der Waals surface area contributed by atoms with Crippen LogP contribution in [-0.4, -0.2) is 5.78 Å². The van der Waals surface area contributed by atoms with Crippen molar-refractivity contribution in [2.24, 2.45) is 5.92 Å². The lowest BCUT2D eigenvalue weighted by molar-refractivity contribution is -0.119. The first-order valence-corrected chi connectivity index (χ1v) is 6.24. The largest absolute Gasteiger partial charge is 0.299 e. The van der Waals surface area contributed by atoms with Crippen molar-refractivity contribution in [1.82, 2.24) is 0 Å². The third-order valence-corrected chi connectivity index (χ3v) is 3.40. The number of carbonyl (C=O) groups is 1. The van der Waals surface area contributed by atoms with Crippen molar-refractivity contribution >= 4 is 29.0 Å². The Morgan fingerprint density at radius 2 is 2.00 bits per heavy atom. The van der Waals surface area contributed by atoms with E-state index in [4.69, 9.17) is 23.2 Å². The molecule has 0 N–H and O–H groups in total. The van der Waals surface area contributed by atoms with E-state index in [1.807, 2.05) is 6.07 Å². The second-order valence-corrected chi connectivity index (χ2v) is 5.00. The lowest BCUT2D eigenvalue weighted by atomic mass is 9.98.